The number of rotatable bonds is 5. The van der Waals surface area contributed by atoms with Crippen molar-refractivity contribution < 1.29 is 31.5 Å². The molecule has 27 heavy (non-hydrogen) atoms. The van der Waals surface area contributed by atoms with Gasteiger partial charge in [0.1, 0.15) is 5.82 Å². The summed E-state index contributed by atoms with van der Waals surface area (Å²) >= 11 is 1.40. The Labute approximate surface area is 155 Å². The summed E-state index contributed by atoms with van der Waals surface area (Å²) in [6.07, 6.45) is 1.49. The van der Waals surface area contributed by atoms with Gasteiger partial charge in [0.2, 0.25) is 0 Å². The topological polar surface area (TPSA) is 119 Å². The molecule has 0 atom stereocenters. The summed E-state index contributed by atoms with van der Waals surface area (Å²) in [6, 6.07) is 0. The SMILES string of the molecule is Cc1nccn1CCNS(=O)(=O)c1cnc2sccn12.O=C(O)C(F)(F)F. The number of nitrogens with one attached hydrogen (secondary N) is 1. The second-order valence-corrected chi connectivity index (χ2v) is 7.61. The number of carboxylic acids is 1. The van der Waals surface area contributed by atoms with Crippen molar-refractivity contribution in [1.82, 2.24) is 23.7 Å². The zero-order chi connectivity index (χ0) is 20.2. The third-order valence-corrected chi connectivity index (χ3v) is 5.41. The zero-order valence-electron chi connectivity index (χ0n) is 13.7. The summed E-state index contributed by atoms with van der Waals surface area (Å²) in [4.78, 5) is 17.7. The van der Waals surface area contributed by atoms with Crippen LogP contribution in [0.3, 0.4) is 0 Å². The van der Waals surface area contributed by atoms with Gasteiger partial charge in [-0.25, -0.2) is 27.9 Å². The third-order valence-electron chi connectivity index (χ3n) is 3.20. The fraction of sp³-hybridized carbons (Fsp3) is 0.308. The van der Waals surface area contributed by atoms with Crippen LogP contribution in [0, 0.1) is 6.92 Å². The molecule has 148 valence electrons. The first-order valence-electron chi connectivity index (χ1n) is 7.20. The number of thiazole rings is 1. The van der Waals surface area contributed by atoms with E-state index < -0.39 is 22.2 Å². The highest BCUT2D eigenvalue weighted by atomic mass is 32.2. The predicted octanol–water partition coefficient (Wildman–Crippen LogP) is 1.51. The molecule has 0 fully saturated rings. The molecular formula is C13H14F3N5O4S2. The summed E-state index contributed by atoms with van der Waals surface area (Å²) in [5.41, 5.74) is 0. The van der Waals surface area contributed by atoms with Gasteiger partial charge in [-0.05, 0) is 6.92 Å². The van der Waals surface area contributed by atoms with Gasteiger partial charge in [0.15, 0.2) is 9.99 Å². The van der Waals surface area contributed by atoms with Crippen molar-refractivity contribution >= 4 is 32.3 Å². The van der Waals surface area contributed by atoms with Crippen molar-refractivity contribution in [1.29, 1.82) is 0 Å². The van der Waals surface area contributed by atoms with Crippen LogP contribution in [0.4, 0.5) is 13.2 Å². The van der Waals surface area contributed by atoms with E-state index in [-0.39, 0.29) is 5.03 Å². The van der Waals surface area contributed by atoms with E-state index in [4.69, 9.17) is 9.90 Å². The Balaban J connectivity index is 0.000000321. The van der Waals surface area contributed by atoms with E-state index in [1.807, 2.05) is 17.7 Å². The van der Waals surface area contributed by atoms with Gasteiger partial charge in [-0.1, -0.05) is 0 Å². The maximum atomic E-state index is 12.2. The lowest BCUT2D eigenvalue weighted by Crippen LogP contribution is -2.28. The molecule has 3 heterocycles. The molecule has 3 rings (SSSR count). The van der Waals surface area contributed by atoms with Crippen LogP contribution in [0.15, 0.2) is 35.2 Å². The molecule has 0 spiro atoms. The zero-order valence-corrected chi connectivity index (χ0v) is 15.3. The third kappa shape index (κ3) is 5.27. The largest absolute Gasteiger partial charge is 0.490 e. The normalized spacial score (nSPS) is 12.0. The number of aryl methyl sites for hydroxylation is 1. The number of halogens is 3. The van der Waals surface area contributed by atoms with Gasteiger partial charge in [-0.3, -0.25) is 4.40 Å². The van der Waals surface area contributed by atoms with Crippen molar-refractivity contribution in [2.75, 3.05) is 6.54 Å². The van der Waals surface area contributed by atoms with Gasteiger partial charge in [-0.15, -0.1) is 11.3 Å². The minimum absolute atomic E-state index is 0.163. The fourth-order valence-electron chi connectivity index (χ4n) is 1.92. The first kappa shape index (κ1) is 20.9. The van der Waals surface area contributed by atoms with Crippen LogP contribution in [0.1, 0.15) is 5.82 Å². The van der Waals surface area contributed by atoms with Gasteiger partial charge in [-0.2, -0.15) is 13.2 Å². The molecular weight excluding hydrogens is 411 g/mol. The minimum Gasteiger partial charge on any atom is -0.475 e. The molecule has 0 radical (unpaired) electrons. The molecule has 0 amide bonds. The second-order valence-electron chi connectivity index (χ2n) is 5.02. The van der Waals surface area contributed by atoms with Crippen molar-refractivity contribution in [2.24, 2.45) is 0 Å². The highest BCUT2D eigenvalue weighted by Crippen LogP contribution is 2.16. The van der Waals surface area contributed by atoms with E-state index in [2.05, 4.69) is 14.7 Å². The van der Waals surface area contributed by atoms with Gasteiger partial charge < -0.3 is 9.67 Å². The average molecular weight is 425 g/mol. The quantitative estimate of drug-likeness (QED) is 0.640. The molecule has 0 unspecified atom stereocenters. The minimum atomic E-state index is -5.08. The Morgan fingerprint density at radius 1 is 1.33 bits per heavy atom. The van der Waals surface area contributed by atoms with Crippen LogP contribution in [-0.4, -0.2) is 51.2 Å². The van der Waals surface area contributed by atoms with Gasteiger partial charge in [0.05, 0.1) is 6.20 Å². The summed E-state index contributed by atoms with van der Waals surface area (Å²) < 4.78 is 62.2. The number of carbonyl (C=O) groups is 1. The summed E-state index contributed by atoms with van der Waals surface area (Å²) in [7, 11) is -3.56. The number of aromatic nitrogens is 4. The molecule has 0 bridgehead atoms. The van der Waals surface area contributed by atoms with Crippen molar-refractivity contribution in [3.8, 4) is 0 Å². The van der Waals surface area contributed by atoms with Crippen LogP contribution in [0.2, 0.25) is 0 Å². The number of fused-ring (bicyclic) bond motifs is 1. The van der Waals surface area contributed by atoms with Crippen LogP contribution in [-0.2, 0) is 21.4 Å². The molecule has 9 nitrogen and oxygen atoms in total. The molecule has 0 aliphatic rings. The summed E-state index contributed by atoms with van der Waals surface area (Å²) in [5.74, 6) is -1.90. The first-order valence-corrected chi connectivity index (χ1v) is 9.56. The van der Waals surface area contributed by atoms with Gasteiger partial charge in [0, 0.05) is 37.1 Å². The van der Waals surface area contributed by atoms with E-state index in [1.54, 1.807) is 22.2 Å². The smallest absolute Gasteiger partial charge is 0.475 e. The molecule has 0 saturated carbocycles. The molecule has 0 aliphatic carbocycles. The first-order chi connectivity index (χ1) is 12.5. The molecule has 0 aliphatic heterocycles. The number of hydrogen-bond donors (Lipinski definition) is 2. The van der Waals surface area contributed by atoms with Crippen molar-refractivity contribution in [3.05, 3.63) is 36.0 Å². The maximum Gasteiger partial charge on any atom is 0.490 e. The highest BCUT2D eigenvalue weighted by molar-refractivity contribution is 7.89. The van der Waals surface area contributed by atoms with E-state index in [1.165, 1.54) is 17.5 Å². The maximum absolute atomic E-state index is 12.2. The lowest BCUT2D eigenvalue weighted by Gasteiger charge is -2.07. The average Bonchev–Trinajstić information content (AvgIpc) is 3.24. The van der Waals surface area contributed by atoms with Crippen molar-refractivity contribution in [3.63, 3.8) is 0 Å². The van der Waals surface area contributed by atoms with Crippen LogP contribution >= 0.6 is 11.3 Å². The fourth-order valence-corrected chi connectivity index (χ4v) is 3.77. The standard InChI is InChI=1S/C11H13N5O2S2.C2HF3O2/c1-9-12-2-4-15(9)5-3-14-20(17,18)10-8-13-11-16(10)6-7-19-11;3-2(4,5)1(6)7/h2,4,6-8,14H,3,5H2,1H3;(H,6,7). The molecule has 0 saturated heterocycles. The number of nitrogens with zero attached hydrogens (tertiary/aromatic N) is 4. The van der Waals surface area contributed by atoms with Crippen LogP contribution in [0.25, 0.3) is 4.96 Å². The Hall–Kier alpha value is -2.45. The lowest BCUT2D eigenvalue weighted by molar-refractivity contribution is -0.192. The second kappa shape index (κ2) is 8.06. The predicted molar refractivity (Wildman–Crippen MR) is 88.9 cm³/mol. The summed E-state index contributed by atoms with van der Waals surface area (Å²) in [6.45, 7) is 2.72. The Morgan fingerprint density at radius 2 is 2.00 bits per heavy atom. The Bertz CT molecular complexity index is 1020. The summed E-state index contributed by atoms with van der Waals surface area (Å²) in [5, 5.41) is 9.09. The van der Waals surface area contributed by atoms with Gasteiger partial charge in [0.25, 0.3) is 10.0 Å². The number of sulfonamides is 1. The van der Waals surface area contributed by atoms with Gasteiger partial charge >= 0.3 is 12.1 Å². The van der Waals surface area contributed by atoms with Crippen LogP contribution in [0.5, 0.6) is 0 Å². The molecule has 14 heteroatoms. The Morgan fingerprint density at radius 3 is 2.56 bits per heavy atom. The van der Waals surface area contributed by atoms with E-state index >= 15 is 0 Å². The van der Waals surface area contributed by atoms with Crippen molar-refractivity contribution in [2.45, 2.75) is 24.7 Å². The molecule has 0 aromatic carbocycles. The number of hydrogen-bond acceptors (Lipinski definition) is 6. The monoisotopic (exact) mass is 425 g/mol. The molecule has 2 N–H and O–H groups in total. The lowest BCUT2D eigenvalue weighted by atomic mass is 10.6. The highest BCUT2D eigenvalue weighted by Gasteiger charge is 2.38. The number of imidazole rings is 2. The number of alkyl halides is 3. The van der Waals surface area contributed by atoms with E-state index in [9.17, 15) is 21.6 Å². The van der Waals surface area contributed by atoms with E-state index in [0.717, 1.165) is 5.82 Å². The number of carboxylic acid groups (broad SMARTS) is 1. The number of aliphatic carboxylic acids is 1. The molecule has 3 aromatic rings. The van der Waals surface area contributed by atoms with E-state index in [0.29, 0.717) is 18.1 Å². The Kier molecular flexibility index (Phi) is 6.22. The molecule has 3 aromatic heterocycles. The van der Waals surface area contributed by atoms with Crippen LogP contribution < -0.4 is 4.72 Å².